The fourth-order valence-corrected chi connectivity index (χ4v) is 3.81. The van der Waals surface area contributed by atoms with Gasteiger partial charge in [-0.15, -0.1) is 0 Å². The van der Waals surface area contributed by atoms with Crippen molar-refractivity contribution in [1.29, 1.82) is 0 Å². The lowest BCUT2D eigenvalue weighted by Gasteiger charge is -2.26. The van der Waals surface area contributed by atoms with Gasteiger partial charge < -0.3 is 19.4 Å². The maximum atomic E-state index is 12.9. The van der Waals surface area contributed by atoms with Gasteiger partial charge >= 0.3 is 5.97 Å². The van der Waals surface area contributed by atoms with Gasteiger partial charge in [0.1, 0.15) is 34.0 Å². The first-order valence-corrected chi connectivity index (χ1v) is 9.25. The molecule has 0 radical (unpaired) electrons. The second-order valence-electron chi connectivity index (χ2n) is 7.04. The first kappa shape index (κ1) is 17.9. The minimum Gasteiger partial charge on any atom is -0.508 e. The first-order valence-electron chi connectivity index (χ1n) is 9.25. The normalized spacial score (nSPS) is 15.6. The van der Waals surface area contributed by atoms with E-state index in [0.29, 0.717) is 11.1 Å². The van der Waals surface area contributed by atoms with E-state index in [9.17, 15) is 19.8 Å². The van der Waals surface area contributed by atoms with E-state index in [1.54, 1.807) is 36.7 Å². The molecule has 0 fully saturated rings. The van der Waals surface area contributed by atoms with Crippen molar-refractivity contribution in [2.24, 2.45) is 0 Å². The monoisotopic (exact) mass is 401 g/mol. The van der Waals surface area contributed by atoms with Crippen molar-refractivity contribution in [3.05, 3.63) is 82.3 Å². The van der Waals surface area contributed by atoms with Crippen molar-refractivity contribution in [2.75, 3.05) is 0 Å². The number of pyridine rings is 1. The van der Waals surface area contributed by atoms with Gasteiger partial charge in [0, 0.05) is 41.6 Å². The molecule has 7 nitrogen and oxygen atoms in total. The SMILES string of the molecule is O=C1CC(c2ccncc2)c2c(cc(O)c3c(=O)cc(-c4ccc(O)cc4)oc23)O1. The molecule has 0 saturated carbocycles. The molecule has 30 heavy (non-hydrogen) atoms. The van der Waals surface area contributed by atoms with Crippen LogP contribution in [0.4, 0.5) is 0 Å². The highest BCUT2D eigenvalue weighted by molar-refractivity contribution is 5.93. The number of rotatable bonds is 2. The Morgan fingerprint density at radius 3 is 2.43 bits per heavy atom. The largest absolute Gasteiger partial charge is 0.508 e. The highest BCUT2D eigenvalue weighted by Gasteiger charge is 2.33. The fraction of sp³-hybridized carbons (Fsp3) is 0.0870. The summed E-state index contributed by atoms with van der Waals surface area (Å²) < 4.78 is 11.5. The van der Waals surface area contributed by atoms with Crippen LogP contribution in [0.2, 0.25) is 0 Å². The molecular formula is C23H15NO6. The standard InChI is InChI=1S/C23H15NO6/c25-14-3-1-13(2-4-14)18-10-16(26)22-17(27)11-19-21(23(22)30-18)15(9-20(28)29-19)12-5-7-24-8-6-12/h1-8,10-11,15,25,27H,9H2. The zero-order valence-corrected chi connectivity index (χ0v) is 15.5. The van der Waals surface area contributed by atoms with Crippen LogP contribution < -0.4 is 10.2 Å². The topological polar surface area (TPSA) is 110 Å². The van der Waals surface area contributed by atoms with Crippen LogP contribution in [0, 0.1) is 0 Å². The van der Waals surface area contributed by atoms with Gasteiger partial charge in [0.25, 0.3) is 0 Å². The van der Waals surface area contributed by atoms with Gasteiger partial charge in [0.2, 0.25) is 0 Å². The average molecular weight is 401 g/mol. The molecule has 1 aliphatic heterocycles. The Labute approximate surface area is 169 Å². The third-order valence-electron chi connectivity index (χ3n) is 5.19. The zero-order valence-electron chi connectivity index (χ0n) is 15.5. The Kier molecular flexibility index (Phi) is 4.03. The summed E-state index contributed by atoms with van der Waals surface area (Å²) in [5.74, 6) is -0.681. The molecule has 2 aromatic carbocycles. The zero-order chi connectivity index (χ0) is 20.8. The summed E-state index contributed by atoms with van der Waals surface area (Å²) in [4.78, 5) is 29.1. The summed E-state index contributed by atoms with van der Waals surface area (Å²) in [5, 5.41) is 20.0. The second-order valence-corrected chi connectivity index (χ2v) is 7.04. The maximum absolute atomic E-state index is 12.9. The number of aromatic hydroxyl groups is 2. The van der Waals surface area contributed by atoms with Gasteiger partial charge in [-0.2, -0.15) is 0 Å². The lowest BCUT2D eigenvalue weighted by molar-refractivity contribution is -0.135. The molecule has 0 amide bonds. The Hall–Kier alpha value is -4.13. The van der Waals surface area contributed by atoms with E-state index in [1.165, 1.54) is 24.3 Å². The molecule has 0 spiro atoms. The van der Waals surface area contributed by atoms with Crippen molar-refractivity contribution < 1.29 is 24.2 Å². The van der Waals surface area contributed by atoms with Crippen LogP contribution in [0.15, 0.2) is 70.1 Å². The van der Waals surface area contributed by atoms with Crippen molar-refractivity contribution >= 4 is 16.9 Å². The summed E-state index contributed by atoms with van der Waals surface area (Å²) in [7, 11) is 0. The molecule has 1 unspecified atom stereocenters. The number of ether oxygens (including phenoxy) is 1. The van der Waals surface area contributed by atoms with Gasteiger partial charge in [-0.3, -0.25) is 14.6 Å². The molecule has 0 saturated heterocycles. The first-order chi connectivity index (χ1) is 14.5. The third-order valence-corrected chi connectivity index (χ3v) is 5.19. The quantitative estimate of drug-likeness (QED) is 0.389. The number of hydrogen-bond donors (Lipinski definition) is 2. The minimum absolute atomic E-state index is 0.0216. The molecule has 1 aliphatic rings. The number of nitrogens with zero attached hydrogens (tertiary/aromatic N) is 1. The predicted octanol–water partition coefficient (Wildman–Crippen LogP) is 3.71. The number of hydrogen-bond acceptors (Lipinski definition) is 7. The number of phenolic OH excluding ortho intramolecular Hbond substituents is 2. The Morgan fingerprint density at radius 1 is 0.967 bits per heavy atom. The van der Waals surface area contributed by atoms with Gasteiger partial charge in [-0.25, -0.2) is 0 Å². The van der Waals surface area contributed by atoms with Crippen LogP contribution in [0.1, 0.15) is 23.5 Å². The predicted molar refractivity (Wildman–Crippen MR) is 108 cm³/mol. The number of aromatic nitrogens is 1. The number of benzene rings is 2. The number of esters is 1. The Morgan fingerprint density at radius 2 is 1.70 bits per heavy atom. The van der Waals surface area contributed by atoms with Gasteiger partial charge in [-0.1, -0.05) is 0 Å². The molecule has 7 heteroatoms. The molecule has 148 valence electrons. The van der Waals surface area contributed by atoms with E-state index >= 15 is 0 Å². The van der Waals surface area contributed by atoms with E-state index in [4.69, 9.17) is 9.15 Å². The highest BCUT2D eigenvalue weighted by atomic mass is 16.5. The molecule has 2 N–H and O–H groups in total. The van der Waals surface area contributed by atoms with Crippen LogP contribution in [0.3, 0.4) is 0 Å². The smallest absolute Gasteiger partial charge is 0.312 e. The van der Waals surface area contributed by atoms with E-state index < -0.39 is 17.3 Å². The average Bonchev–Trinajstić information content (AvgIpc) is 2.73. The summed E-state index contributed by atoms with van der Waals surface area (Å²) in [6, 6.07) is 12.3. The summed E-state index contributed by atoms with van der Waals surface area (Å²) in [5.41, 5.74) is 1.65. The lowest BCUT2D eigenvalue weighted by atomic mass is 9.85. The summed E-state index contributed by atoms with van der Waals surface area (Å²) in [6.45, 7) is 0. The number of carbonyl (C=O) groups excluding carboxylic acids is 1. The third kappa shape index (κ3) is 2.88. The van der Waals surface area contributed by atoms with Crippen molar-refractivity contribution in [3.8, 4) is 28.6 Å². The van der Waals surface area contributed by atoms with Crippen molar-refractivity contribution in [3.63, 3.8) is 0 Å². The van der Waals surface area contributed by atoms with E-state index in [1.807, 2.05) is 0 Å². The van der Waals surface area contributed by atoms with Crippen LogP contribution in [-0.4, -0.2) is 21.2 Å². The van der Waals surface area contributed by atoms with Gasteiger partial charge in [-0.05, 0) is 42.0 Å². The molecule has 0 bridgehead atoms. The molecule has 2 aromatic heterocycles. The molecule has 5 rings (SSSR count). The minimum atomic E-state index is -0.444. The highest BCUT2D eigenvalue weighted by Crippen LogP contribution is 2.45. The van der Waals surface area contributed by atoms with Crippen LogP contribution >= 0.6 is 0 Å². The maximum Gasteiger partial charge on any atom is 0.312 e. The van der Waals surface area contributed by atoms with Crippen molar-refractivity contribution in [1.82, 2.24) is 4.98 Å². The summed E-state index contributed by atoms with van der Waals surface area (Å²) >= 11 is 0. The van der Waals surface area contributed by atoms with Gasteiger partial charge in [0.05, 0.1) is 6.42 Å². The van der Waals surface area contributed by atoms with E-state index in [2.05, 4.69) is 4.98 Å². The molecule has 3 heterocycles. The molecular weight excluding hydrogens is 386 g/mol. The van der Waals surface area contributed by atoms with Gasteiger partial charge in [0.15, 0.2) is 5.43 Å². The Balaban J connectivity index is 1.83. The molecule has 4 aromatic rings. The number of carbonyl (C=O) groups is 1. The fourth-order valence-electron chi connectivity index (χ4n) is 3.81. The number of fused-ring (bicyclic) bond motifs is 3. The van der Waals surface area contributed by atoms with Crippen LogP contribution in [0.5, 0.6) is 17.2 Å². The second kappa shape index (κ2) is 6.73. The molecule has 1 atom stereocenters. The molecule has 0 aliphatic carbocycles. The van der Waals surface area contributed by atoms with E-state index in [-0.39, 0.29) is 40.4 Å². The Bertz CT molecular complexity index is 1340. The number of phenols is 2. The lowest BCUT2D eigenvalue weighted by Crippen LogP contribution is -2.22. The van der Waals surface area contributed by atoms with E-state index in [0.717, 1.165) is 5.56 Å². The summed E-state index contributed by atoms with van der Waals surface area (Å²) in [6.07, 6.45) is 3.30. The van der Waals surface area contributed by atoms with Crippen LogP contribution in [0.25, 0.3) is 22.3 Å². The van der Waals surface area contributed by atoms with Crippen molar-refractivity contribution in [2.45, 2.75) is 12.3 Å². The van der Waals surface area contributed by atoms with Crippen LogP contribution in [-0.2, 0) is 4.79 Å².